The Morgan fingerprint density at radius 3 is 2.67 bits per heavy atom. The molecular weight excluding hydrogens is 231 g/mol. The second kappa shape index (κ2) is 4.96. The first-order valence-corrected chi connectivity index (χ1v) is 6.33. The Morgan fingerprint density at radius 2 is 2.06 bits per heavy atom. The van der Waals surface area contributed by atoms with Crippen LogP contribution in [0.25, 0.3) is 0 Å². The van der Waals surface area contributed by atoms with Crippen molar-refractivity contribution in [3.8, 4) is 0 Å². The molecule has 98 valence electrons. The Morgan fingerprint density at radius 1 is 1.39 bits per heavy atom. The van der Waals surface area contributed by atoms with Gasteiger partial charge >= 0.3 is 0 Å². The number of halogens is 1. The lowest BCUT2D eigenvalue weighted by Crippen LogP contribution is -2.34. The van der Waals surface area contributed by atoms with E-state index in [0.29, 0.717) is 6.54 Å². The van der Waals surface area contributed by atoms with Crippen LogP contribution in [0.1, 0.15) is 43.0 Å². The van der Waals surface area contributed by atoms with Crippen molar-refractivity contribution in [2.45, 2.75) is 32.6 Å². The van der Waals surface area contributed by atoms with E-state index in [0.717, 1.165) is 12.8 Å². The van der Waals surface area contributed by atoms with E-state index in [-0.39, 0.29) is 22.6 Å². The van der Waals surface area contributed by atoms with Crippen molar-refractivity contribution in [1.82, 2.24) is 5.32 Å². The SMILES string of the molecule is CC1(CNC(=O)c2cc(N)cc(F)c2)CCCC1. The normalized spacial score (nSPS) is 17.7. The van der Waals surface area contributed by atoms with E-state index >= 15 is 0 Å². The molecule has 0 aliphatic heterocycles. The number of carbonyl (C=O) groups is 1. The molecule has 1 aliphatic carbocycles. The van der Waals surface area contributed by atoms with Gasteiger partial charge in [-0.05, 0) is 36.5 Å². The Hall–Kier alpha value is -1.58. The van der Waals surface area contributed by atoms with E-state index in [4.69, 9.17) is 5.73 Å². The molecular formula is C14H19FN2O. The Kier molecular flexibility index (Phi) is 3.55. The van der Waals surface area contributed by atoms with Crippen molar-refractivity contribution in [1.29, 1.82) is 0 Å². The van der Waals surface area contributed by atoms with Gasteiger partial charge < -0.3 is 11.1 Å². The van der Waals surface area contributed by atoms with Crippen LogP contribution >= 0.6 is 0 Å². The molecule has 18 heavy (non-hydrogen) atoms. The highest BCUT2D eigenvalue weighted by Gasteiger charge is 2.28. The molecule has 3 nitrogen and oxygen atoms in total. The standard InChI is InChI=1S/C14H19FN2O/c1-14(4-2-3-5-14)9-17-13(18)10-6-11(15)8-12(16)7-10/h6-8H,2-5,9,16H2,1H3,(H,17,18). The van der Waals surface area contributed by atoms with E-state index in [1.807, 2.05) is 0 Å². The second-order valence-corrected chi connectivity index (χ2v) is 5.47. The summed E-state index contributed by atoms with van der Waals surface area (Å²) in [6.07, 6.45) is 4.72. The molecule has 1 amide bonds. The predicted molar refractivity (Wildman–Crippen MR) is 69.7 cm³/mol. The van der Waals surface area contributed by atoms with Gasteiger partial charge in [-0.2, -0.15) is 0 Å². The molecule has 1 saturated carbocycles. The first-order chi connectivity index (χ1) is 8.48. The molecule has 1 fully saturated rings. The van der Waals surface area contributed by atoms with Crippen LogP contribution in [0.3, 0.4) is 0 Å². The summed E-state index contributed by atoms with van der Waals surface area (Å²) in [6, 6.07) is 3.91. The van der Waals surface area contributed by atoms with Gasteiger partial charge in [0, 0.05) is 17.8 Å². The van der Waals surface area contributed by atoms with Crippen LogP contribution in [-0.4, -0.2) is 12.5 Å². The molecule has 0 radical (unpaired) electrons. The lowest BCUT2D eigenvalue weighted by atomic mass is 9.89. The number of carbonyl (C=O) groups excluding carboxylic acids is 1. The fourth-order valence-corrected chi connectivity index (χ4v) is 2.54. The summed E-state index contributed by atoms with van der Waals surface area (Å²) in [4.78, 5) is 11.9. The molecule has 1 aromatic carbocycles. The quantitative estimate of drug-likeness (QED) is 0.810. The smallest absolute Gasteiger partial charge is 0.251 e. The molecule has 3 N–H and O–H groups in total. The third-order valence-corrected chi connectivity index (χ3v) is 3.67. The van der Waals surface area contributed by atoms with Crippen LogP contribution < -0.4 is 11.1 Å². The zero-order valence-electron chi connectivity index (χ0n) is 10.6. The number of hydrogen-bond donors (Lipinski definition) is 2. The number of nitrogens with one attached hydrogen (secondary N) is 1. The van der Waals surface area contributed by atoms with Crippen molar-refractivity contribution >= 4 is 11.6 Å². The van der Waals surface area contributed by atoms with Crippen LogP contribution in [0, 0.1) is 11.2 Å². The third-order valence-electron chi connectivity index (χ3n) is 3.67. The summed E-state index contributed by atoms with van der Waals surface area (Å²) in [6.45, 7) is 2.82. The zero-order chi connectivity index (χ0) is 13.2. The summed E-state index contributed by atoms with van der Waals surface area (Å²) in [5, 5.41) is 2.87. The summed E-state index contributed by atoms with van der Waals surface area (Å²) < 4.78 is 13.1. The molecule has 4 heteroatoms. The number of nitrogen functional groups attached to an aromatic ring is 1. The zero-order valence-corrected chi connectivity index (χ0v) is 10.6. The van der Waals surface area contributed by atoms with E-state index in [1.54, 1.807) is 0 Å². The van der Waals surface area contributed by atoms with Crippen molar-refractivity contribution in [2.24, 2.45) is 5.41 Å². The van der Waals surface area contributed by atoms with Crippen LogP contribution in [0.15, 0.2) is 18.2 Å². The van der Waals surface area contributed by atoms with Gasteiger partial charge in [0.2, 0.25) is 0 Å². The Labute approximate surface area is 107 Å². The van der Waals surface area contributed by atoms with Gasteiger partial charge in [0.1, 0.15) is 5.82 Å². The Balaban J connectivity index is 1.99. The molecule has 0 spiro atoms. The van der Waals surface area contributed by atoms with Crippen molar-refractivity contribution in [3.63, 3.8) is 0 Å². The van der Waals surface area contributed by atoms with Gasteiger partial charge in [-0.3, -0.25) is 4.79 Å². The largest absolute Gasteiger partial charge is 0.399 e. The van der Waals surface area contributed by atoms with Gasteiger partial charge in [0.05, 0.1) is 0 Å². The summed E-state index contributed by atoms with van der Waals surface area (Å²) >= 11 is 0. The van der Waals surface area contributed by atoms with E-state index in [2.05, 4.69) is 12.2 Å². The second-order valence-electron chi connectivity index (χ2n) is 5.47. The van der Waals surface area contributed by atoms with Crippen LogP contribution in [0.2, 0.25) is 0 Å². The molecule has 0 bridgehead atoms. The fourth-order valence-electron chi connectivity index (χ4n) is 2.54. The van der Waals surface area contributed by atoms with Gasteiger partial charge in [-0.15, -0.1) is 0 Å². The van der Waals surface area contributed by atoms with Crippen molar-refractivity contribution in [3.05, 3.63) is 29.6 Å². The van der Waals surface area contributed by atoms with Crippen molar-refractivity contribution < 1.29 is 9.18 Å². The van der Waals surface area contributed by atoms with Crippen LogP contribution in [-0.2, 0) is 0 Å². The molecule has 0 atom stereocenters. The minimum atomic E-state index is -0.479. The molecule has 0 unspecified atom stereocenters. The molecule has 0 saturated heterocycles. The lowest BCUT2D eigenvalue weighted by Gasteiger charge is -2.23. The molecule has 1 aliphatic rings. The van der Waals surface area contributed by atoms with E-state index in [1.165, 1.54) is 31.0 Å². The highest BCUT2D eigenvalue weighted by molar-refractivity contribution is 5.95. The maximum atomic E-state index is 13.1. The number of hydrogen-bond acceptors (Lipinski definition) is 2. The van der Waals surface area contributed by atoms with Crippen LogP contribution in [0.4, 0.5) is 10.1 Å². The maximum absolute atomic E-state index is 13.1. The predicted octanol–water partition coefficient (Wildman–Crippen LogP) is 2.72. The topological polar surface area (TPSA) is 55.1 Å². The lowest BCUT2D eigenvalue weighted by molar-refractivity contribution is 0.0934. The van der Waals surface area contributed by atoms with Crippen LogP contribution in [0.5, 0.6) is 0 Å². The molecule has 0 aromatic heterocycles. The van der Waals surface area contributed by atoms with Gasteiger partial charge in [-0.1, -0.05) is 19.8 Å². The molecule has 0 heterocycles. The van der Waals surface area contributed by atoms with Crippen molar-refractivity contribution in [2.75, 3.05) is 12.3 Å². The molecule has 1 aromatic rings. The van der Waals surface area contributed by atoms with E-state index < -0.39 is 5.82 Å². The highest BCUT2D eigenvalue weighted by atomic mass is 19.1. The number of rotatable bonds is 3. The number of nitrogens with two attached hydrogens (primary N) is 1. The average molecular weight is 250 g/mol. The minimum Gasteiger partial charge on any atom is -0.399 e. The van der Waals surface area contributed by atoms with Gasteiger partial charge in [-0.25, -0.2) is 4.39 Å². The third kappa shape index (κ3) is 3.00. The average Bonchev–Trinajstić information content (AvgIpc) is 2.72. The first-order valence-electron chi connectivity index (χ1n) is 6.33. The fraction of sp³-hybridized carbons (Fsp3) is 0.500. The Bertz CT molecular complexity index is 433. The van der Waals surface area contributed by atoms with Gasteiger partial charge in [0.15, 0.2) is 0 Å². The number of amides is 1. The summed E-state index contributed by atoms with van der Waals surface area (Å²) in [5.74, 6) is -0.735. The highest BCUT2D eigenvalue weighted by Crippen LogP contribution is 2.36. The van der Waals surface area contributed by atoms with Gasteiger partial charge in [0.25, 0.3) is 5.91 Å². The minimum absolute atomic E-state index is 0.189. The maximum Gasteiger partial charge on any atom is 0.251 e. The number of anilines is 1. The number of benzene rings is 1. The summed E-state index contributed by atoms with van der Waals surface area (Å²) in [5.41, 5.74) is 6.27. The van der Waals surface area contributed by atoms with E-state index in [9.17, 15) is 9.18 Å². The molecule has 2 rings (SSSR count). The first kappa shape index (κ1) is 12.9. The summed E-state index contributed by atoms with van der Waals surface area (Å²) in [7, 11) is 0. The monoisotopic (exact) mass is 250 g/mol.